The molecule has 0 aliphatic heterocycles. The van der Waals surface area contributed by atoms with Crippen LogP contribution in [-0.2, 0) is 28.7 Å². The molecule has 2 unspecified atom stereocenters. The molecule has 2 atom stereocenters. The highest BCUT2D eigenvalue weighted by Crippen LogP contribution is 2.27. The highest BCUT2D eigenvalue weighted by atomic mass is 16.5. The SMILES string of the molecule is COC(=O)C(C=Nc1ccccc1N=CC(C(C)=O)C(=O)OC)C(C)=O. The van der Waals surface area contributed by atoms with Crippen molar-refractivity contribution < 1.29 is 28.7 Å². The molecular formula is C18H20N2O6. The lowest BCUT2D eigenvalue weighted by molar-refractivity contribution is -0.147. The molecule has 0 aliphatic rings. The van der Waals surface area contributed by atoms with Crippen LogP contribution in [0.15, 0.2) is 34.3 Å². The highest BCUT2D eigenvalue weighted by molar-refractivity contribution is 6.12. The first kappa shape index (κ1) is 20.9. The molecule has 0 aromatic heterocycles. The van der Waals surface area contributed by atoms with Gasteiger partial charge < -0.3 is 9.47 Å². The van der Waals surface area contributed by atoms with Gasteiger partial charge in [-0.15, -0.1) is 0 Å². The first-order valence-electron chi connectivity index (χ1n) is 7.65. The van der Waals surface area contributed by atoms with Gasteiger partial charge in [-0.05, 0) is 26.0 Å². The molecule has 0 fully saturated rings. The number of aliphatic imine (C=N–C) groups is 2. The lowest BCUT2D eigenvalue weighted by Crippen LogP contribution is -2.24. The molecule has 0 heterocycles. The van der Waals surface area contributed by atoms with E-state index in [1.165, 1.54) is 40.5 Å². The second kappa shape index (κ2) is 9.97. The monoisotopic (exact) mass is 360 g/mol. The molecule has 1 aromatic carbocycles. The van der Waals surface area contributed by atoms with E-state index in [-0.39, 0.29) is 0 Å². The van der Waals surface area contributed by atoms with E-state index in [2.05, 4.69) is 19.5 Å². The molecular weight excluding hydrogens is 340 g/mol. The number of esters is 2. The van der Waals surface area contributed by atoms with Crippen molar-refractivity contribution in [1.82, 2.24) is 0 Å². The predicted molar refractivity (Wildman–Crippen MR) is 95.1 cm³/mol. The highest BCUT2D eigenvalue weighted by Gasteiger charge is 2.23. The van der Waals surface area contributed by atoms with Crippen LogP contribution >= 0.6 is 0 Å². The summed E-state index contributed by atoms with van der Waals surface area (Å²) in [7, 11) is 2.36. The van der Waals surface area contributed by atoms with Crippen molar-refractivity contribution in [2.75, 3.05) is 14.2 Å². The van der Waals surface area contributed by atoms with Crippen molar-refractivity contribution in [1.29, 1.82) is 0 Å². The van der Waals surface area contributed by atoms with E-state index in [9.17, 15) is 19.2 Å². The summed E-state index contributed by atoms with van der Waals surface area (Å²) < 4.78 is 9.13. The van der Waals surface area contributed by atoms with Gasteiger partial charge in [0.15, 0.2) is 11.8 Å². The molecule has 0 radical (unpaired) electrons. The number of rotatable bonds is 8. The first-order chi connectivity index (χ1) is 12.3. The Hall–Kier alpha value is -3.16. The lowest BCUT2D eigenvalue weighted by atomic mass is 10.1. The molecule has 138 valence electrons. The minimum absolute atomic E-state index is 0.353. The van der Waals surface area contributed by atoms with E-state index in [0.29, 0.717) is 11.4 Å². The van der Waals surface area contributed by atoms with Gasteiger partial charge in [0, 0.05) is 12.4 Å². The van der Waals surface area contributed by atoms with Crippen LogP contribution < -0.4 is 0 Å². The van der Waals surface area contributed by atoms with Crippen molar-refractivity contribution >= 4 is 47.3 Å². The maximum atomic E-state index is 11.6. The summed E-state index contributed by atoms with van der Waals surface area (Å²) >= 11 is 0. The Kier molecular flexibility index (Phi) is 8.01. The van der Waals surface area contributed by atoms with Gasteiger partial charge in [-0.1, -0.05) is 12.1 Å². The zero-order valence-electron chi connectivity index (χ0n) is 15.0. The van der Waals surface area contributed by atoms with E-state index in [1.54, 1.807) is 24.3 Å². The van der Waals surface area contributed by atoms with Crippen LogP contribution in [0.1, 0.15) is 13.8 Å². The summed E-state index contributed by atoms with van der Waals surface area (Å²) in [5.41, 5.74) is 0.706. The average Bonchev–Trinajstić information content (AvgIpc) is 2.61. The van der Waals surface area contributed by atoms with E-state index in [4.69, 9.17) is 0 Å². The molecule has 0 spiro atoms. The van der Waals surface area contributed by atoms with Crippen LogP contribution in [0.3, 0.4) is 0 Å². The maximum absolute atomic E-state index is 11.6. The Morgan fingerprint density at radius 2 is 1.15 bits per heavy atom. The zero-order chi connectivity index (χ0) is 19.7. The summed E-state index contributed by atoms with van der Waals surface area (Å²) in [6, 6.07) is 6.60. The van der Waals surface area contributed by atoms with Crippen molar-refractivity contribution in [3.05, 3.63) is 24.3 Å². The Labute approximate surface area is 150 Å². The Balaban J connectivity index is 3.14. The minimum atomic E-state index is -1.13. The number of carbonyl (C=O) groups excluding carboxylic acids is 4. The van der Waals surface area contributed by atoms with Gasteiger partial charge in [-0.25, -0.2) is 0 Å². The third kappa shape index (κ3) is 5.73. The number of benzene rings is 1. The number of hydrogen-bond donors (Lipinski definition) is 0. The minimum Gasteiger partial charge on any atom is -0.468 e. The molecule has 1 rings (SSSR count). The van der Waals surface area contributed by atoms with Crippen LogP contribution in [-0.4, -0.2) is 50.2 Å². The van der Waals surface area contributed by atoms with Gasteiger partial charge in [0.1, 0.15) is 11.6 Å². The normalized spacial score (nSPS) is 13.4. The van der Waals surface area contributed by atoms with Gasteiger partial charge in [0.05, 0.1) is 25.6 Å². The van der Waals surface area contributed by atoms with Crippen molar-refractivity contribution in [3.8, 4) is 0 Å². The molecule has 26 heavy (non-hydrogen) atoms. The zero-order valence-corrected chi connectivity index (χ0v) is 15.0. The van der Waals surface area contributed by atoms with Gasteiger partial charge in [-0.3, -0.25) is 29.2 Å². The predicted octanol–water partition coefficient (Wildman–Crippen LogP) is 1.85. The molecule has 8 heteroatoms. The number of ketones is 2. The summed E-state index contributed by atoms with van der Waals surface area (Å²) in [6.07, 6.45) is 2.34. The van der Waals surface area contributed by atoms with Gasteiger partial charge in [-0.2, -0.15) is 0 Å². The third-order valence-electron chi connectivity index (χ3n) is 3.39. The molecule has 0 amide bonds. The standard InChI is InChI=1S/C18H20N2O6/c1-11(21)13(17(23)25-3)9-19-15-7-5-6-8-16(15)20-10-14(12(2)22)18(24)26-4/h5-10,13-14H,1-4H3. The van der Waals surface area contributed by atoms with Crippen LogP contribution in [0, 0.1) is 11.8 Å². The Morgan fingerprint density at radius 1 is 0.808 bits per heavy atom. The molecule has 0 saturated heterocycles. The topological polar surface area (TPSA) is 111 Å². The fourth-order valence-electron chi connectivity index (χ4n) is 1.91. The number of ether oxygens (including phenoxy) is 2. The summed E-state index contributed by atoms with van der Waals surface area (Å²) in [5.74, 6) is -4.52. The summed E-state index contributed by atoms with van der Waals surface area (Å²) in [5, 5.41) is 0. The number of methoxy groups -OCH3 is 2. The molecule has 0 N–H and O–H groups in total. The second-order valence-electron chi connectivity index (χ2n) is 5.27. The molecule has 1 aromatic rings. The van der Waals surface area contributed by atoms with Crippen LogP contribution in [0.5, 0.6) is 0 Å². The average molecular weight is 360 g/mol. The third-order valence-corrected chi connectivity index (χ3v) is 3.39. The number of hydrogen-bond acceptors (Lipinski definition) is 8. The van der Waals surface area contributed by atoms with Gasteiger partial charge >= 0.3 is 11.9 Å². The molecule has 0 aliphatic carbocycles. The maximum Gasteiger partial charge on any atom is 0.321 e. The van der Waals surface area contributed by atoms with Crippen LogP contribution in [0.2, 0.25) is 0 Å². The van der Waals surface area contributed by atoms with E-state index in [0.717, 1.165) is 0 Å². The van der Waals surface area contributed by atoms with E-state index < -0.39 is 35.3 Å². The number of para-hydroxylation sites is 2. The van der Waals surface area contributed by atoms with Crippen molar-refractivity contribution in [2.24, 2.45) is 21.8 Å². The first-order valence-corrected chi connectivity index (χ1v) is 7.65. The number of nitrogens with zero attached hydrogens (tertiary/aromatic N) is 2. The second-order valence-corrected chi connectivity index (χ2v) is 5.27. The van der Waals surface area contributed by atoms with E-state index in [1.807, 2.05) is 0 Å². The van der Waals surface area contributed by atoms with Crippen molar-refractivity contribution in [2.45, 2.75) is 13.8 Å². The van der Waals surface area contributed by atoms with Crippen molar-refractivity contribution in [3.63, 3.8) is 0 Å². The quantitative estimate of drug-likeness (QED) is 0.397. The molecule has 0 saturated carbocycles. The smallest absolute Gasteiger partial charge is 0.321 e. The number of Topliss-reactive ketones (excluding diaryl/α,β-unsaturated/α-hetero) is 2. The Bertz CT molecular complexity index is 691. The Morgan fingerprint density at radius 3 is 1.42 bits per heavy atom. The largest absolute Gasteiger partial charge is 0.468 e. The lowest BCUT2D eigenvalue weighted by Gasteiger charge is -2.07. The van der Waals surface area contributed by atoms with E-state index >= 15 is 0 Å². The number of carbonyl (C=O) groups is 4. The fourth-order valence-corrected chi connectivity index (χ4v) is 1.91. The fraction of sp³-hybridized carbons (Fsp3) is 0.333. The van der Waals surface area contributed by atoms with Gasteiger partial charge in [0.25, 0.3) is 0 Å². The summed E-state index contributed by atoms with van der Waals surface area (Å²) in [6.45, 7) is 2.51. The van der Waals surface area contributed by atoms with Crippen LogP contribution in [0.25, 0.3) is 0 Å². The van der Waals surface area contributed by atoms with Crippen LogP contribution in [0.4, 0.5) is 11.4 Å². The molecule has 0 bridgehead atoms. The van der Waals surface area contributed by atoms with Gasteiger partial charge in [0.2, 0.25) is 0 Å². The molecule has 8 nitrogen and oxygen atoms in total. The summed E-state index contributed by atoms with van der Waals surface area (Å²) in [4.78, 5) is 54.5.